The van der Waals surface area contributed by atoms with E-state index in [9.17, 15) is 9.90 Å². The van der Waals surface area contributed by atoms with Gasteiger partial charge in [-0.15, -0.1) is 0 Å². The highest BCUT2D eigenvalue weighted by Crippen LogP contribution is 2.33. The van der Waals surface area contributed by atoms with Gasteiger partial charge >= 0.3 is 6.03 Å². The average Bonchev–Trinajstić information content (AvgIpc) is 2.37. The molecule has 0 radical (unpaired) electrons. The number of para-hydroxylation sites is 1. The first-order chi connectivity index (χ1) is 8.24. The van der Waals surface area contributed by atoms with Gasteiger partial charge in [0.15, 0.2) is 0 Å². The number of amides is 2. The van der Waals surface area contributed by atoms with Crippen LogP contribution in [-0.2, 0) is 0 Å². The summed E-state index contributed by atoms with van der Waals surface area (Å²) < 4.78 is 0. The fourth-order valence-electron chi connectivity index (χ4n) is 2.08. The van der Waals surface area contributed by atoms with Gasteiger partial charge in [0.25, 0.3) is 0 Å². The van der Waals surface area contributed by atoms with E-state index in [1.165, 1.54) is 0 Å². The third-order valence-electron chi connectivity index (χ3n) is 2.98. The molecule has 0 saturated heterocycles. The Hall–Kier alpha value is -1.55. The number of carbonyl (C=O) groups is 1. The van der Waals surface area contributed by atoms with Crippen LogP contribution in [0.4, 0.5) is 10.5 Å². The van der Waals surface area contributed by atoms with Gasteiger partial charge in [-0.3, -0.25) is 4.90 Å². The number of anilines is 1. The van der Waals surface area contributed by atoms with Gasteiger partial charge in [0.05, 0.1) is 11.8 Å². The van der Waals surface area contributed by atoms with Crippen molar-refractivity contribution in [1.29, 1.82) is 0 Å². The lowest BCUT2D eigenvalue weighted by molar-refractivity contribution is 0.164. The molecule has 0 bridgehead atoms. The molecule has 1 unspecified atom stereocenters. The summed E-state index contributed by atoms with van der Waals surface area (Å²) >= 11 is 0. The zero-order valence-electron chi connectivity index (χ0n) is 10.0. The van der Waals surface area contributed by atoms with Crippen molar-refractivity contribution in [2.45, 2.75) is 25.9 Å². The number of fused-ring (bicyclic) bond motifs is 1. The van der Waals surface area contributed by atoms with Crippen molar-refractivity contribution in [1.82, 2.24) is 5.32 Å². The van der Waals surface area contributed by atoms with Crippen LogP contribution in [0.25, 0.3) is 0 Å². The first-order valence-electron chi connectivity index (χ1n) is 6.06. The summed E-state index contributed by atoms with van der Waals surface area (Å²) in [6.45, 7) is 3.27. The summed E-state index contributed by atoms with van der Waals surface area (Å²) in [6, 6.07) is 7.45. The standard InChI is InChI=1S/C13H18N2O2/c1-2-8-14-13(17)15-9-7-12(16)10-5-3-4-6-11(10)15/h3-6,12,16H,2,7-9H2,1H3,(H,14,17). The van der Waals surface area contributed by atoms with E-state index in [0.29, 0.717) is 19.5 Å². The summed E-state index contributed by atoms with van der Waals surface area (Å²) in [4.78, 5) is 13.7. The lowest BCUT2D eigenvalue weighted by atomic mass is 9.99. The van der Waals surface area contributed by atoms with Gasteiger partial charge in [0, 0.05) is 18.7 Å². The smallest absolute Gasteiger partial charge is 0.321 e. The Morgan fingerprint density at radius 2 is 2.29 bits per heavy atom. The highest BCUT2D eigenvalue weighted by Gasteiger charge is 2.26. The van der Waals surface area contributed by atoms with Gasteiger partial charge in [0.2, 0.25) is 0 Å². The van der Waals surface area contributed by atoms with Crippen LogP contribution in [0.5, 0.6) is 0 Å². The minimum absolute atomic E-state index is 0.0776. The lowest BCUT2D eigenvalue weighted by Gasteiger charge is -2.32. The third kappa shape index (κ3) is 2.42. The van der Waals surface area contributed by atoms with E-state index < -0.39 is 6.10 Å². The van der Waals surface area contributed by atoms with Gasteiger partial charge in [-0.25, -0.2) is 4.79 Å². The average molecular weight is 234 g/mol. The Labute approximate surface area is 101 Å². The summed E-state index contributed by atoms with van der Waals surface area (Å²) in [7, 11) is 0. The first-order valence-corrected chi connectivity index (χ1v) is 6.06. The fraction of sp³-hybridized carbons (Fsp3) is 0.462. The summed E-state index contributed by atoms with van der Waals surface area (Å²) in [5.41, 5.74) is 1.66. The van der Waals surface area contributed by atoms with E-state index in [2.05, 4.69) is 5.32 Å². The molecule has 1 heterocycles. The predicted octanol–water partition coefficient (Wildman–Crippen LogP) is 2.05. The lowest BCUT2D eigenvalue weighted by Crippen LogP contribution is -2.43. The molecular weight excluding hydrogens is 216 g/mol. The van der Waals surface area contributed by atoms with Crippen molar-refractivity contribution in [3.8, 4) is 0 Å². The van der Waals surface area contributed by atoms with Crippen molar-refractivity contribution in [2.75, 3.05) is 18.0 Å². The van der Waals surface area contributed by atoms with Crippen LogP contribution in [0.3, 0.4) is 0 Å². The highest BCUT2D eigenvalue weighted by molar-refractivity contribution is 5.93. The van der Waals surface area contributed by atoms with Gasteiger partial charge in [-0.2, -0.15) is 0 Å². The van der Waals surface area contributed by atoms with Crippen LogP contribution in [-0.4, -0.2) is 24.2 Å². The number of nitrogens with one attached hydrogen (secondary N) is 1. The minimum Gasteiger partial charge on any atom is -0.388 e. The number of aliphatic hydroxyl groups excluding tert-OH is 1. The van der Waals surface area contributed by atoms with Crippen LogP contribution < -0.4 is 10.2 Å². The maximum atomic E-state index is 12.0. The van der Waals surface area contributed by atoms with E-state index in [1.54, 1.807) is 4.90 Å². The van der Waals surface area contributed by atoms with Crippen molar-refractivity contribution in [3.63, 3.8) is 0 Å². The Balaban J connectivity index is 2.21. The molecule has 1 aromatic carbocycles. The molecule has 2 N–H and O–H groups in total. The molecule has 4 heteroatoms. The topological polar surface area (TPSA) is 52.6 Å². The first kappa shape index (κ1) is 11.9. The monoisotopic (exact) mass is 234 g/mol. The summed E-state index contributed by atoms with van der Waals surface area (Å²) in [5, 5.41) is 12.7. The Morgan fingerprint density at radius 1 is 1.53 bits per heavy atom. The normalized spacial score (nSPS) is 18.7. The molecule has 17 heavy (non-hydrogen) atoms. The van der Waals surface area contributed by atoms with Gasteiger partial charge in [-0.05, 0) is 18.9 Å². The zero-order chi connectivity index (χ0) is 12.3. The number of nitrogens with zero attached hydrogens (tertiary/aromatic N) is 1. The van der Waals surface area contributed by atoms with Gasteiger partial charge in [-0.1, -0.05) is 25.1 Å². The van der Waals surface area contributed by atoms with Crippen molar-refractivity contribution in [2.24, 2.45) is 0 Å². The van der Waals surface area contributed by atoms with Gasteiger partial charge in [0.1, 0.15) is 0 Å². The zero-order valence-corrected chi connectivity index (χ0v) is 10.0. The molecule has 1 aromatic rings. The van der Waals surface area contributed by atoms with E-state index in [-0.39, 0.29) is 6.03 Å². The fourth-order valence-corrected chi connectivity index (χ4v) is 2.08. The quantitative estimate of drug-likeness (QED) is 0.822. The second-order valence-corrected chi connectivity index (χ2v) is 4.25. The number of hydrogen-bond donors (Lipinski definition) is 2. The molecule has 0 fully saturated rings. The van der Waals surface area contributed by atoms with Crippen molar-refractivity contribution >= 4 is 11.7 Å². The molecular formula is C13H18N2O2. The molecule has 1 aliphatic rings. The second-order valence-electron chi connectivity index (χ2n) is 4.25. The Bertz CT molecular complexity index is 406. The van der Waals surface area contributed by atoms with E-state index >= 15 is 0 Å². The maximum absolute atomic E-state index is 12.0. The summed E-state index contributed by atoms with van der Waals surface area (Å²) in [5.74, 6) is 0. The van der Waals surface area contributed by atoms with Crippen molar-refractivity contribution < 1.29 is 9.90 Å². The molecule has 0 aromatic heterocycles. The molecule has 0 saturated carbocycles. The number of rotatable bonds is 2. The van der Waals surface area contributed by atoms with E-state index in [4.69, 9.17) is 0 Å². The van der Waals surface area contributed by atoms with Crippen LogP contribution in [0.2, 0.25) is 0 Å². The minimum atomic E-state index is -0.457. The molecule has 0 spiro atoms. The molecule has 0 aliphatic carbocycles. The van der Waals surface area contributed by atoms with Crippen LogP contribution in [0, 0.1) is 0 Å². The van der Waals surface area contributed by atoms with Crippen LogP contribution >= 0.6 is 0 Å². The molecule has 2 amide bonds. The second kappa shape index (κ2) is 5.19. The molecule has 1 atom stereocenters. The molecule has 92 valence electrons. The number of urea groups is 1. The summed E-state index contributed by atoms with van der Waals surface area (Å²) in [6.07, 6.45) is 1.06. The largest absolute Gasteiger partial charge is 0.388 e. The number of hydrogen-bond acceptors (Lipinski definition) is 2. The predicted molar refractivity (Wildman–Crippen MR) is 67.1 cm³/mol. The third-order valence-corrected chi connectivity index (χ3v) is 2.98. The Kier molecular flexibility index (Phi) is 3.64. The van der Waals surface area contributed by atoms with E-state index in [0.717, 1.165) is 17.7 Å². The SMILES string of the molecule is CCCNC(=O)N1CCC(O)c2ccccc21. The molecule has 2 rings (SSSR count). The van der Waals surface area contributed by atoms with Gasteiger partial charge < -0.3 is 10.4 Å². The maximum Gasteiger partial charge on any atom is 0.321 e. The molecule has 4 nitrogen and oxygen atoms in total. The van der Waals surface area contributed by atoms with Crippen LogP contribution in [0.15, 0.2) is 24.3 Å². The van der Waals surface area contributed by atoms with Crippen LogP contribution in [0.1, 0.15) is 31.4 Å². The van der Waals surface area contributed by atoms with Crippen molar-refractivity contribution in [3.05, 3.63) is 29.8 Å². The Morgan fingerprint density at radius 3 is 3.06 bits per heavy atom. The van der Waals surface area contributed by atoms with E-state index in [1.807, 2.05) is 31.2 Å². The number of benzene rings is 1. The number of carbonyl (C=O) groups excluding carboxylic acids is 1. The molecule has 1 aliphatic heterocycles. The number of aliphatic hydroxyl groups is 1. The highest BCUT2D eigenvalue weighted by atomic mass is 16.3.